The largest absolute Gasteiger partial charge is 0.468 e. The maximum absolute atomic E-state index is 11.5. The monoisotopic (exact) mass is 262 g/mol. The molecule has 14 heavy (non-hydrogen) atoms. The van der Waals surface area contributed by atoms with Crippen LogP contribution in [0.25, 0.3) is 0 Å². The molecular formula is C9H11BrO4. The van der Waals surface area contributed by atoms with E-state index in [1.807, 2.05) is 0 Å². The van der Waals surface area contributed by atoms with Crippen LogP contribution in [0.5, 0.6) is 0 Å². The van der Waals surface area contributed by atoms with Crippen molar-refractivity contribution in [2.45, 2.75) is 12.8 Å². The van der Waals surface area contributed by atoms with E-state index in [9.17, 15) is 9.59 Å². The molecule has 1 aliphatic rings. The van der Waals surface area contributed by atoms with E-state index < -0.39 is 17.4 Å². The highest BCUT2D eigenvalue weighted by molar-refractivity contribution is 9.11. The zero-order valence-corrected chi connectivity index (χ0v) is 9.59. The SMILES string of the molecule is COC(=O)C1(C(=O)OC)CC=C(Br)C1. The Labute approximate surface area is 90.4 Å². The molecule has 0 spiro atoms. The number of rotatable bonds is 2. The Hall–Kier alpha value is -0.840. The molecule has 0 atom stereocenters. The van der Waals surface area contributed by atoms with E-state index in [0.29, 0.717) is 12.8 Å². The van der Waals surface area contributed by atoms with Gasteiger partial charge in [-0.25, -0.2) is 0 Å². The third kappa shape index (κ3) is 1.68. The van der Waals surface area contributed by atoms with Crippen LogP contribution in [0.2, 0.25) is 0 Å². The lowest BCUT2D eigenvalue weighted by Gasteiger charge is -2.22. The predicted molar refractivity (Wildman–Crippen MR) is 52.7 cm³/mol. The molecule has 5 heteroatoms. The lowest BCUT2D eigenvalue weighted by Crippen LogP contribution is -2.39. The minimum atomic E-state index is -1.18. The fraction of sp³-hybridized carbons (Fsp3) is 0.556. The topological polar surface area (TPSA) is 52.6 Å². The summed E-state index contributed by atoms with van der Waals surface area (Å²) in [5, 5.41) is 0. The zero-order chi connectivity index (χ0) is 10.8. The fourth-order valence-corrected chi connectivity index (χ4v) is 2.14. The van der Waals surface area contributed by atoms with Gasteiger partial charge < -0.3 is 9.47 Å². The van der Waals surface area contributed by atoms with Crippen molar-refractivity contribution in [2.75, 3.05) is 14.2 Å². The first-order chi connectivity index (χ1) is 6.56. The van der Waals surface area contributed by atoms with Gasteiger partial charge in [0, 0.05) is 6.42 Å². The van der Waals surface area contributed by atoms with E-state index in [2.05, 4.69) is 25.4 Å². The molecule has 0 bridgehead atoms. The molecule has 0 heterocycles. The number of esters is 2. The Morgan fingerprint density at radius 3 is 2.14 bits per heavy atom. The number of ether oxygens (including phenoxy) is 2. The fourth-order valence-electron chi connectivity index (χ4n) is 1.50. The molecule has 0 N–H and O–H groups in total. The van der Waals surface area contributed by atoms with Crippen molar-refractivity contribution in [3.8, 4) is 0 Å². The zero-order valence-electron chi connectivity index (χ0n) is 8.00. The lowest BCUT2D eigenvalue weighted by atomic mass is 9.85. The molecule has 0 unspecified atom stereocenters. The van der Waals surface area contributed by atoms with Gasteiger partial charge in [0.05, 0.1) is 14.2 Å². The number of allylic oxidation sites excluding steroid dienone is 2. The molecule has 0 aromatic heterocycles. The van der Waals surface area contributed by atoms with Gasteiger partial charge in [0.2, 0.25) is 0 Å². The van der Waals surface area contributed by atoms with Crippen LogP contribution >= 0.6 is 15.9 Å². The van der Waals surface area contributed by atoms with Crippen molar-refractivity contribution in [1.29, 1.82) is 0 Å². The molecule has 0 aromatic rings. The lowest BCUT2D eigenvalue weighted by molar-refractivity contribution is -0.168. The van der Waals surface area contributed by atoms with Crippen LogP contribution in [-0.4, -0.2) is 26.2 Å². The maximum Gasteiger partial charge on any atom is 0.323 e. The first kappa shape index (κ1) is 11.2. The second-order valence-corrected chi connectivity index (χ2v) is 4.12. The van der Waals surface area contributed by atoms with Gasteiger partial charge in [-0.2, -0.15) is 0 Å². The summed E-state index contributed by atoms with van der Waals surface area (Å²) in [7, 11) is 2.53. The van der Waals surface area contributed by atoms with Crippen LogP contribution in [0, 0.1) is 5.41 Å². The van der Waals surface area contributed by atoms with Gasteiger partial charge in [0.1, 0.15) is 0 Å². The van der Waals surface area contributed by atoms with E-state index in [4.69, 9.17) is 0 Å². The molecule has 0 aliphatic heterocycles. The van der Waals surface area contributed by atoms with Crippen molar-refractivity contribution >= 4 is 27.9 Å². The van der Waals surface area contributed by atoms with Crippen molar-refractivity contribution in [3.05, 3.63) is 10.6 Å². The number of hydrogen-bond acceptors (Lipinski definition) is 4. The van der Waals surface area contributed by atoms with Crippen LogP contribution in [-0.2, 0) is 19.1 Å². The van der Waals surface area contributed by atoms with Gasteiger partial charge in [0.15, 0.2) is 5.41 Å². The highest BCUT2D eigenvalue weighted by Crippen LogP contribution is 2.41. The third-order valence-corrected chi connectivity index (χ3v) is 2.90. The first-order valence-corrected chi connectivity index (χ1v) is 4.87. The minimum Gasteiger partial charge on any atom is -0.468 e. The molecule has 0 aromatic carbocycles. The quantitative estimate of drug-likeness (QED) is 0.558. The number of hydrogen-bond donors (Lipinski definition) is 0. The smallest absolute Gasteiger partial charge is 0.323 e. The number of carbonyl (C=O) groups excluding carboxylic acids is 2. The molecule has 0 saturated heterocycles. The van der Waals surface area contributed by atoms with Crippen molar-refractivity contribution in [3.63, 3.8) is 0 Å². The second-order valence-electron chi connectivity index (χ2n) is 3.10. The van der Waals surface area contributed by atoms with Gasteiger partial charge in [-0.05, 0) is 10.9 Å². The number of carbonyl (C=O) groups is 2. The third-order valence-electron chi connectivity index (χ3n) is 2.29. The Bertz CT molecular complexity index is 279. The standard InChI is InChI=1S/C9H11BrO4/c1-13-7(11)9(8(12)14-2)4-3-6(10)5-9/h3H,4-5H2,1-2H3. The number of methoxy groups -OCH3 is 2. The van der Waals surface area contributed by atoms with Crippen LogP contribution in [0.3, 0.4) is 0 Å². The van der Waals surface area contributed by atoms with Gasteiger partial charge >= 0.3 is 11.9 Å². The maximum atomic E-state index is 11.5. The van der Waals surface area contributed by atoms with Gasteiger partial charge in [-0.15, -0.1) is 0 Å². The predicted octanol–water partition coefficient (Wildman–Crippen LogP) is 1.39. The average Bonchev–Trinajstić information content (AvgIpc) is 2.59. The normalized spacial score (nSPS) is 18.6. The second kappa shape index (κ2) is 4.13. The Balaban J connectivity index is 2.94. The summed E-state index contributed by atoms with van der Waals surface area (Å²) in [6.45, 7) is 0. The molecule has 0 fully saturated rings. The summed E-state index contributed by atoms with van der Waals surface area (Å²) < 4.78 is 10.1. The van der Waals surface area contributed by atoms with Crippen LogP contribution < -0.4 is 0 Å². The van der Waals surface area contributed by atoms with E-state index in [1.165, 1.54) is 14.2 Å². The van der Waals surface area contributed by atoms with Crippen LogP contribution in [0.4, 0.5) is 0 Å². The van der Waals surface area contributed by atoms with Crippen LogP contribution in [0.15, 0.2) is 10.6 Å². The highest BCUT2D eigenvalue weighted by atomic mass is 79.9. The Morgan fingerprint density at radius 1 is 1.36 bits per heavy atom. The molecule has 4 nitrogen and oxygen atoms in total. The summed E-state index contributed by atoms with van der Waals surface area (Å²) in [5.74, 6) is -1.09. The molecular weight excluding hydrogens is 252 g/mol. The molecule has 1 rings (SSSR count). The molecule has 0 radical (unpaired) electrons. The molecule has 0 amide bonds. The molecule has 1 aliphatic carbocycles. The van der Waals surface area contributed by atoms with Gasteiger partial charge in [-0.1, -0.05) is 22.0 Å². The van der Waals surface area contributed by atoms with E-state index in [-0.39, 0.29) is 0 Å². The van der Waals surface area contributed by atoms with Gasteiger partial charge in [-0.3, -0.25) is 9.59 Å². The van der Waals surface area contributed by atoms with E-state index >= 15 is 0 Å². The van der Waals surface area contributed by atoms with Crippen molar-refractivity contribution in [2.24, 2.45) is 5.41 Å². The van der Waals surface area contributed by atoms with Crippen LogP contribution in [0.1, 0.15) is 12.8 Å². The number of halogens is 1. The molecule has 0 saturated carbocycles. The van der Waals surface area contributed by atoms with E-state index in [1.54, 1.807) is 6.08 Å². The highest BCUT2D eigenvalue weighted by Gasteiger charge is 2.50. The summed E-state index contributed by atoms with van der Waals surface area (Å²) in [4.78, 5) is 23.0. The van der Waals surface area contributed by atoms with E-state index in [0.717, 1.165) is 4.48 Å². The van der Waals surface area contributed by atoms with Gasteiger partial charge in [0.25, 0.3) is 0 Å². The summed E-state index contributed by atoms with van der Waals surface area (Å²) in [6, 6.07) is 0. The van der Waals surface area contributed by atoms with Crippen molar-refractivity contribution < 1.29 is 19.1 Å². The van der Waals surface area contributed by atoms with Crippen molar-refractivity contribution in [1.82, 2.24) is 0 Å². The summed E-state index contributed by atoms with van der Waals surface area (Å²) in [5.41, 5.74) is -1.18. The summed E-state index contributed by atoms with van der Waals surface area (Å²) in [6.07, 6.45) is 2.42. The Morgan fingerprint density at radius 2 is 1.86 bits per heavy atom. The Kier molecular flexibility index (Phi) is 3.31. The first-order valence-electron chi connectivity index (χ1n) is 4.08. The summed E-state index contributed by atoms with van der Waals surface area (Å²) >= 11 is 3.25. The molecule has 78 valence electrons. The minimum absolute atomic E-state index is 0.312. The average molecular weight is 263 g/mol.